The summed E-state index contributed by atoms with van der Waals surface area (Å²) in [7, 11) is 0. The van der Waals surface area contributed by atoms with Gasteiger partial charge < -0.3 is 21.1 Å². The van der Waals surface area contributed by atoms with E-state index in [1.807, 2.05) is 18.2 Å². The molecule has 0 aliphatic carbocycles. The minimum Gasteiger partial charge on any atom is -0.381 e. The van der Waals surface area contributed by atoms with E-state index in [4.69, 9.17) is 22.1 Å². The maximum Gasteiger partial charge on any atom is 0.252 e. The summed E-state index contributed by atoms with van der Waals surface area (Å²) in [5, 5.41) is 6.77. The fourth-order valence-corrected chi connectivity index (χ4v) is 3.78. The van der Waals surface area contributed by atoms with Gasteiger partial charge in [-0.1, -0.05) is 23.7 Å². The number of aromatic nitrogens is 2. The average Bonchev–Trinajstić information content (AvgIpc) is 3.00. The number of ether oxygens (including phenoxy) is 1. The van der Waals surface area contributed by atoms with Crippen molar-refractivity contribution in [2.45, 2.75) is 31.3 Å². The van der Waals surface area contributed by atoms with Crippen LogP contribution >= 0.6 is 11.6 Å². The molecule has 1 atom stereocenters. The second-order valence-corrected chi connectivity index (χ2v) is 7.23. The van der Waals surface area contributed by atoms with Gasteiger partial charge in [-0.05, 0) is 37.4 Å². The molecule has 0 radical (unpaired) electrons. The maximum atomic E-state index is 12.3. The fraction of sp³-hybridized carbons (Fsp3) is 0.421. The number of halogens is 1. The number of fused-ring (bicyclic) bond motifs is 1. The van der Waals surface area contributed by atoms with Gasteiger partial charge in [0.2, 0.25) is 5.95 Å². The van der Waals surface area contributed by atoms with Crippen molar-refractivity contribution in [3.63, 3.8) is 0 Å². The molecule has 0 saturated carbocycles. The molecule has 3 heterocycles. The summed E-state index contributed by atoms with van der Waals surface area (Å²) in [5.41, 5.74) is 8.67. The molecule has 0 bridgehead atoms. The van der Waals surface area contributed by atoms with Crippen molar-refractivity contribution in [2.75, 3.05) is 25.1 Å². The first-order valence-electron chi connectivity index (χ1n) is 9.18. The monoisotopic (exact) mass is 387 g/mol. The Morgan fingerprint density at radius 2 is 2.15 bits per heavy atom. The number of carbonyl (C=O) groups excluding carboxylic acids is 1. The van der Waals surface area contributed by atoms with E-state index in [0.717, 1.165) is 37.2 Å². The molecule has 1 fully saturated rings. The second-order valence-electron chi connectivity index (χ2n) is 6.83. The quantitative estimate of drug-likeness (QED) is 0.728. The minimum atomic E-state index is -0.0870. The number of nitrogens with zero attached hydrogens (tertiary/aromatic N) is 2. The third-order valence-corrected chi connectivity index (χ3v) is 5.28. The molecule has 27 heavy (non-hydrogen) atoms. The van der Waals surface area contributed by atoms with Gasteiger partial charge in [0, 0.05) is 30.4 Å². The highest BCUT2D eigenvalue weighted by Gasteiger charge is 2.28. The van der Waals surface area contributed by atoms with Crippen molar-refractivity contribution in [3.8, 4) is 11.3 Å². The molecular formula is C19H22ClN5O2. The van der Waals surface area contributed by atoms with Gasteiger partial charge in [-0.3, -0.25) is 4.79 Å². The van der Waals surface area contributed by atoms with E-state index in [1.54, 1.807) is 6.20 Å². The Hall–Kier alpha value is -2.22. The van der Waals surface area contributed by atoms with Gasteiger partial charge in [-0.25, -0.2) is 9.97 Å². The lowest BCUT2D eigenvalue weighted by molar-refractivity contribution is 0.0903. The van der Waals surface area contributed by atoms with E-state index in [2.05, 4.69) is 20.6 Å². The third-order valence-electron chi connectivity index (χ3n) is 5.01. The molecule has 4 N–H and O–H groups in total. The van der Waals surface area contributed by atoms with Crippen LogP contribution in [0.15, 0.2) is 24.4 Å². The van der Waals surface area contributed by atoms with Gasteiger partial charge in [0.15, 0.2) is 0 Å². The Bertz CT molecular complexity index is 854. The number of carbonyl (C=O) groups is 1. The summed E-state index contributed by atoms with van der Waals surface area (Å²) in [6.45, 7) is 2.00. The number of hydrogen-bond acceptors (Lipinski definition) is 6. The molecule has 1 saturated heterocycles. The molecule has 142 valence electrons. The van der Waals surface area contributed by atoms with Gasteiger partial charge in [0.05, 0.1) is 23.0 Å². The number of nitrogens with one attached hydrogen (secondary N) is 2. The Balaban J connectivity index is 1.62. The molecule has 1 aromatic carbocycles. The van der Waals surface area contributed by atoms with E-state index in [9.17, 15) is 4.79 Å². The zero-order chi connectivity index (χ0) is 18.8. The van der Waals surface area contributed by atoms with E-state index >= 15 is 0 Å². The van der Waals surface area contributed by atoms with E-state index in [1.165, 1.54) is 0 Å². The van der Waals surface area contributed by atoms with Gasteiger partial charge in [0.25, 0.3) is 5.91 Å². The predicted molar refractivity (Wildman–Crippen MR) is 104 cm³/mol. The van der Waals surface area contributed by atoms with Gasteiger partial charge in [0.1, 0.15) is 0 Å². The standard InChI is InChI=1S/C19H22ClN5O2/c20-15-10-22-19(23-12-4-7-27-8-5-12)25-17(15)11-1-2-13-14(9-11)18(26)24-16(13)3-6-21/h1-2,9-10,12,16H,3-8,21H2,(H,24,26)(H,22,23,25)/t16-/m1/s1. The van der Waals surface area contributed by atoms with Crippen molar-refractivity contribution >= 4 is 23.5 Å². The zero-order valence-electron chi connectivity index (χ0n) is 14.9. The molecular weight excluding hydrogens is 366 g/mol. The third kappa shape index (κ3) is 3.76. The first-order chi connectivity index (χ1) is 13.2. The number of hydrogen-bond donors (Lipinski definition) is 3. The molecule has 2 aliphatic heterocycles. The Labute approximate surface area is 162 Å². The lowest BCUT2D eigenvalue weighted by Gasteiger charge is -2.23. The maximum absolute atomic E-state index is 12.3. The van der Waals surface area contributed by atoms with E-state index in [0.29, 0.717) is 35.2 Å². The van der Waals surface area contributed by atoms with Crippen LogP contribution in [-0.4, -0.2) is 41.7 Å². The lowest BCUT2D eigenvalue weighted by atomic mass is 9.99. The van der Waals surface area contributed by atoms with Gasteiger partial charge >= 0.3 is 0 Å². The zero-order valence-corrected chi connectivity index (χ0v) is 15.6. The molecule has 2 aromatic rings. The molecule has 0 spiro atoms. The molecule has 1 aromatic heterocycles. The largest absolute Gasteiger partial charge is 0.381 e. The highest BCUT2D eigenvalue weighted by atomic mass is 35.5. The average molecular weight is 388 g/mol. The Morgan fingerprint density at radius 3 is 2.93 bits per heavy atom. The number of anilines is 1. The molecule has 1 amide bonds. The SMILES string of the molecule is NCC[C@H]1NC(=O)c2cc(-c3nc(NC4CCOCC4)ncc3Cl)ccc21. The fourth-order valence-electron chi connectivity index (χ4n) is 3.58. The summed E-state index contributed by atoms with van der Waals surface area (Å²) >= 11 is 6.35. The lowest BCUT2D eigenvalue weighted by Crippen LogP contribution is -2.28. The molecule has 4 rings (SSSR count). The van der Waals surface area contributed by atoms with Crippen LogP contribution in [0.4, 0.5) is 5.95 Å². The molecule has 2 aliphatic rings. The molecule has 7 nitrogen and oxygen atoms in total. The summed E-state index contributed by atoms with van der Waals surface area (Å²) in [6, 6.07) is 5.99. The van der Waals surface area contributed by atoms with Crippen molar-refractivity contribution in [3.05, 3.63) is 40.5 Å². The minimum absolute atomic E-state index is 0.0295. The summed E-state index contributed by atoms with van der Waals surface area (Å²) in [4.78, 5) is 21.2. The summed E-state index contributed by atoms with van der Waals surface area (Å²) < 4.78 is 5.38. The summed E-state index contributed by atoms with van der Waals surface area (Å²) in [5.74, 6) is 0.447. The van der Waals surface area contributed by atoms with Gasteiger partial charge in [-0.2, -0.15) is 0 Å². The molecule has 8 heteroatoms. The van der Waals surface area contributed by atoms with E-state index < -0.39 is 0 Å². The van der Waals surface area contributed by atoms with Crippen LogP contribution in [0.2, 0.25) is 5.02 Å². The van der Waals surface area contributed by atoms with Crippen LogP contribution < -0.4 is 16.4 Å². The van der Waals surface area contributed by atoms with Crippen molar-refractivity contribution < 1.29 is 9.53 Å². The van der Waals surface area contributed by atoms with Crippen molar-refractivity contribution in [1.82, 2.24) is 15.3 Å². The molecule has 0 unspecified atom stereocenters. The second kappa shape index (κ2) is 7.80. The van der Waals surface area contributed by atoms with Crippen LogP contribution in [0.3, 0.4) is 0 Å². The Morgan fingerprint density at radius 1 is 1.33 bits per heavy atom. The topological polar surface area (TPSA) is 102 Å². The van der Waals surface area contributed by atoms with Crippen LogP contribution in [0.1, 0.15) is 41.2 Å². The van der Waals surface area contributed by atoms with Gasteiger partial charge in [-0.15, -0.1) is 0 Å². The highest BCUT2D eigenvalue weighted by molar-refractivity contribution is 6.33. The van der Waals surface area contributed by atoms with Crippen molar-refractivity contribution in [2.24, 2.45) is 5.73 Å². The normalized spacial score (nSPS) is 19.6. The van der Waals surface area contributed by atoms with Crippen LogP contribution in [-0.2, 0) is 4.74 Å². The van der Waals surface area contributed by atoms with Crippen LogP contribution in [0.25, 0.3) is 11.3 Å². The number of rotatable bonds is 5. The van der Waals surface area contributed by atoms with Crippen LogP contribution in [0, 0.1) is 0 Å². The number of amides is 1. The first kappa shape index (κ1) is 18.2. The Kier molecular flexibility index (Phi) is 5.24. The van der Waals surface area contributed by atoms with Crippen LogP contribution in [0.5, 0.6) is 0 Å². The summed E-state index contributed by atoms with van der Waals surface area (Å²) in [6.07, 6.45) is 4.15. The predicted octanol–water partition coefficient (Wildman–Crippen LogP) is 2.52. The van der Waals surface area contributed by atoms with E-state index in [-0.39, 0.29) is 18.0 Å². The number of benzene rings is 1. The highest BCUT2D eigenvalue weighted by Crippen LogP contribution is 2.33. The smallest absolute Gasteiger partial charge is 0.252 e. The van der Waals surface area contributed by atoms with Crippen molar-refractivity contribution in [1.29, 1.82) is 0 Å². The number of nitrogens with two attached hydrogens (primary N) is 1. The first-order valence-corrected chi connectivity index (χ1v) is 9.55.